The summed E-state index contributed by atoms with van der Waals surface area (Å²) in [6.45, 7) is 4.26. The maximum absolute atomic E-state index is 11.0. The molecule has 0 radical (unpaired) electrons. The summed E-state index contributed by atoms with van der Waals surface area (Å²) >= 11 is 0. The van der Waals surface area contributed by atoms with Crippen molar-refractivity contribution in [3.8, 4) is 0 Å². The summed E-state index contributed by atoms with van der Waals surface area (Å²) in [5, 5.41) is 13.8. The minimum atomic E-state index is -0.397. The summed E-state index contributed by atoms with van der Waals surface area (Å²) in [6.07, 6.45) is 2.30. The van der Waals surface area contributed by atoms with Crippen LogP contribution in [0.25, 0.3) is 0 Å². The summed E-state index contributed by atoms with van der Waals surface area (Å²) in [5.41, 5.74) is 0.0464. The highest BCUT2D eigenvalue weighted by Gasteiger charge is 2.21. The molecule has 1 aromatic heterocycles. The van der Waals surface area contributed by atoms with Gasteiger partial charge in [-0.1, -0.05) is 0 Å². The Bertz CT molecular complexity index is 475. The molecule has 2 heterocycles. The van der Waals surface area contributed by atoms with E-state index in [1.165, 1.54) is 12.1 Å². The quantitative estimate of drug-likeness (QED) is 0.634. The fourth-order valence-electron chi connectivity index (χ4n) is 2.32. The van der Waals surface area contributed by atoms with Crippen molar-refractivity contribution in [1.29, 1.82) is 0 Å². The molecule has 0 aromatic carbocycles. The van der Waals surface area contributed by atoms with Crippen molar-refractivity contribution in [1.82, 2.24) is 4.98 Å². The highest BCUT2D eigenvalue weighted by atomic mass is 16.6. The first-order valence-corrected chi connectivity index (χ1v) is 6.84. The lowest BCUT2D eigenvalue weighted by molar-refractivity contribution is -0.384. The van der Waals surface area contributed by atoms with E-state index in [9.17, 15) is 10.1 Å². The van der Waals surface area contributed by atoms with Crippen LogP contribution in [0, 0.1) is 10.1 Å². The second kappa shape index (κ2) is 6.51. The maximum Gasteiger partial charge on any atom is 0.276 e. The molecule has 7 nitrogen and oxygen atoms in total. The molecule has 1 fully saturated rings. The number of rotatable bonds is 6. The van der Waals surface area contributed by atoms with Gasteiger partial charge in [-0.25, -0.2) is 4.98 Å². The Morgan fingerprint density at radius 3 is 2.95 bits per heavy atom. The molecule has 1 atom stereocenters. The molecule has 20 heavy (non-hydrogen) atoms. The second-order valence-corrected chi connectivity index (χ2v) is 4.75. The van der Waals surface area contributed by atoms with Gasteiger partial charge in [0.05, 0.1) is 23.2 Å². The normalized spacial score (nSPS) is 18.0. The van der Waals surface area contributed by atoms with Gasteiger partial charge < -0.3 is 15.0 Å². The van der Waals surface area contributed by atoms with E-state index in [0.29, 0.717) is 18.2 Å². The smallest absolute Gasteiger partial charge is 0.276 e. The molecule has 1 aliphatic heterocycles. The van der Waals surface area contributed by atoms with Gasteiger partial charge in [0, 0.05) is 26.7 Å². The summed E-state index contributed by atoms with van der Waals surface area (Å²) in [4.78, 5) is 17.0. The van der Waals surface area contributed by atoms with Crippen LogP contribution in [0.2, 0.25) is 0 Å². The average molecular weight is 280 g/mol. The average Bonchev–Trinajstić information content (AvgIpc) is 2.97. The van der Waals surface area contributed by atoms with Crippen LogP contribution in [-0.2, 0) is 4.74 Å². The van der Waals surface area contributed by atoms with Gasteiger partial charge in [0.1, 0.15) is 11.6 Å². The van der Waals surface area contributed by atoms with E-state index in [1.807, 2.05) is 11.8 Å². The molecule has 2 rings (SSSR count). The van der Waals surface area contributed by atoms with Crippen LogP contribution in [0.4, 0.5) is 17.3 Å². The van der Waals surface area contributed by atoms with Crippen LogP contribution in [0.3, 0.4) is 0 Å². The number of likely N-dealkylation sites (N-methyl/N-ethyl adjacent to an activating group) is 1. The van der Waals surface area contributed by atoms with E-state index in [1.54, 1.807) is 7.05 Å². The Morgan fingerprint density at radius 1 is 1.60 bits per heavy atom. The van der Waals surface area contributed by atoms with Crippen molar-refractivity contribution < 1.29 is 9.66 Å². The summed E-state index contributed by atoms with van der Waals surface area (Å²) < 4.78 is 5.62. The predicted octanol–water partition coefficient (Wildman–Crippen LogP) is 2.04. The lowest BCUT2D eigenvalue weighted by Crippen LogP contribution is -2.32. The molecule has 0 saturated carbocycles. The Kier molecular flexibility index (Phi) is 4.73. The summed E-state index contributed by atoms with van der Waals surface area (Å²) in [6, 6.07) is 2.95. The number of ether oxygens (including phenoxy) is 1. The van der Waals surface area contributed by atoms with Crippen molar-refractivity contribution in [3.05, 3.63) is 22.2 Å². The molecule has 1 saturated heterocycles. The lowest BCUT2D eigenvalue weighted by Gasteiger charge is -2.25. The number of pyridine rings is 1. The fraction of sp³-hybridized carbons (Fsp3) is 0.615. The third-order valence-electron chi connectivity index (χ3n) is 3.42. The molecule has 7 heteroatoms. The first-order chi connectivity index (χ1) is 9.63. The van der Waals surface area contributed by atoms with E-state index >= 15 is 0 Å². The van der Waals surface area contributed by atoms with E-state index in [-0.39, 0.29) is 11.8 Å². The van der Waals surface area contributed by atoms with Gasteiger partial charge in [0.15, 0.2) is 0 Å². The largest absolute Gasteiger partial charge is 0.376 e. The van der Waals surface area contributed by atoms with Gasteiger partial charge in [-0.3, -0.25) is 10.1 Å². The number of anilines is 2. The van der Waals surface area contributed by atoms with Crippen molar-refractivity contribution >= 4 is 17.3 Å². The number of hydrogen-bond donors (Lipinski definition) is 1. The van der Waals surface area contributed by atoms with Gasteiger partial charge in [-0.2, -0.15) is 0 Å². The summed E-state index contributed by atoms with van der Waals surface area (Å²) in [5.74, 6) is 1.11. The van der Waals surface area contributed by atoms with Crippen LogP contribution >= 0.6 is 0 Å². The Balaban J connectivity index is 2.22. The van der Waals surface area contributed by atoms with Crippen molar-refractivity contribution in [3.63, 3.8) is 0 Å². The van der Waals surface area contributed by atoms with Gasteiger partial charge in [-0.05, 0) is 19.8 Å². The van der Waals surface area contributed by atoms with Crippen molar-refractivity contribution in [2.45, 2.75) is 25.9 Å². The van der Waals surface area contributed by atoms with Gasteiger partial charge in [-0.15, -0.1) is 0 Å². The standard InChI is InChI=1S/C13H20N4O3/c1-3-16(9-11-5-4-6-20-11)13-8-10(17(18)19)7-12(14-2)15-13/h7-8,11H,3-6,9H2,1-2H3,(H,14,15). The molecule has 1 N–H and O–H groups in total. The van der Waals surface area contributed by atoms with E-state index in [4.69, 9.17) is 4.74 Å². The second-order valence-electron chi connectivity index (χ2n) is 4.75. The minimum absolute atomic E-state index is 0.0464. The zero-order chi connectivity index (χ0) is 14.5. The molecule has 1 aromatic rings. The van der Waals surface area contributed by atoms with Crippen molar-refractivity contribution in [2.24, 2.45) is 0 Å². The van der Waals surface area contributed by atoms with Crippen LogP contribution in [-0.4, -0.2) is 42.8 Å². The molecular formula is C13H20N4O3. The lowest BCUT2D eigenvalue weighted by atomic mass is 10.2. The molecule has 1 aliphatic rings. The van der Waals surface area contributed by atoms with Gasteiger partial charge >= 0.3 is 0 Å². The maximum atomic E-state index is 11.0. The number of hydrogen-bond acceptors (Lipinski definition) is 6. The minimum Gasteiger partial charge on any atom is -0.376 e. The molecule has 0 bridgehead atoms. The molecular weight excluding hydrogens is 260 g/mol. The third kappa shape index (κ3) is 3.36. The fourth-order valence-corrected chi connectivity index (χ4v) is 2.32. The third-order valence-corrected chi connectivity index (χ3v) is 3.42. The zero-order valence-electron chi connectivity index (χ0n) is 11.8. The summed E-state index contributed by atoms with van der Waals surface area (Å²) in [7, 11) is 1.70. The zero-order valence-corrected chi connectivity index (χ0v) is 11.8. The molecule has 0 aliphatic carbocycles. The molecule has 0 amide bonds. The van der Waals surface area contributed by atoms with Gasteiger partial charge in [0.2, 0.25) is 0 Å². The van der Waals surface area contributed by atoms with E-state index in [2.05, 4.69) is 10.3 Å². The molecule has 1 unspecified atom stereocenters. The molecule has 0 spiro atoms. The number of nitrogens with zero attached hydrogens (tertiary/aromatic N) is 3. The van der Waals surface area contributed by atoms with E-state index < -0.39 is 4.92 Å². The number of aromatic nitrogens is 1. The van der Waals surface area contributed by atoms with Gasteiger partial charge in [0.25, 0.3) is 5.69 Å². The van der Waals surface area contributed by atoms with Crippen LogP contribution in [0.15, 0.2) is 12.1 Å². The molecule has 110 valence electrons. The van der Waals surface area contributed by atoms with Crippen LogP contribution in [0.5, 0.6) is 0 Å². The number of nitrogens with one attached hydrogen (secondary N) is 1. The Labute approximate surface area is 118 Å². The SMILES string of the molecule is CCN(CC1CCCO1)c1cc([N+](=O)[O-])cc(NC)n1. The highest BCUT2D eigenvalue weighted by Crippen LogP contribution is 2.24. The first kappa shape index (κ1) is 14.5. The highest BCUT2D eigenvalue weighted by molar-refractivity contribution is 5.55. The van der Waals surface area contributed by atoms with Crippen LogP contribution in [0.1, 0.15) is 19.8 Å². The topological polar surface area (TPSA) is 80.5 Å². The van der Waals surface area contributed by atoms with Crippen molar-refractivity contribution in [2.75, 3.05) is 37.0 Å². The predicted molar refractivity (Wildman–Crippen MR) is 77.3 cm³/mol. The monoisotopic (exact) mass is 280 g/mol. The Hall–Kier alpha value is -1.89. The number of nitro groups is 1. The first-order valence-electron chi connectivity index (χ1n) is 6.84. The van der Waals surface area contributed by atoms with Crippen LogP contribution < -0.4 is 10.2 Å². The van der Waals surface area contributed by atoms with E-state index in [0.717, 1.165) is 26.0 Å². The Morgan fingerprint density at radius 2 is 2.40 bits per heavy atom.